The number of rotatable bonds is 6. The monoisotopic (exact) mass is 255 g/mol. The molecule has 0 heterocycles. The van der Waals surface area contributed by atoms with Gasteiger partial charge in [-0.05, 0) is 25.2 Å². The molecule has 1 aliphatic carbocycles. The van der Waals surface area contributed by atoms with Crippen molar-refractivity contribution >= 4 is 11.9 Å². The zero-order valence-corrected chi connectivity index (χ0v) is 11.5. The minimum Gasteiger partial charge on any atom is -0.481 e. The van der Waals surface area contributed by atoms with Crippen molar-refractivity contribution in [2.24, 2.45) is 5.92 Å². The van der Waals surface area contributed by atoms with Crippen molar-refractivity contribution in [3.63, 3.8) is 0 Å². The van der Waals surface area contributed by atoms with Gasteiger partial charge in [0.05, 0.1) is 6.42 Å². The lowest BCUT2D eigenvalue weighted by atomic mass is 9.84. The molecule has 18 heavy (non-hydrogen) atoms. The average Bonchev–Trinajstić information content (AvgIpc) is 2.31. The number of nitrogens with zero attached hydrogens (tertiary/aromatic N) is 1. The van der Waals surface area contributed by atoms with Crippen LogP contribution in [0.2, 0.25) is 0 Å². The van der Waals surface area contributed by atoms with E-state index in [0.717, 1.165) is 25.7 Å². The van der Waals surface area contributed by atoms with Gasteiger partial charge in [0.15, 0.2) is 0 Å². The van der Waals surface area contributed by atoms with E-state index in [1.807, 2.05) is 11.8 Å². The Labute approximate surface area is 109 Å². The van der Waals surface area contributed by atoms with E-state index in [0.29, 0.717) is 18.9 Å². The Morgan fingerprint density at radius 1 is 1.22 bits per heavy atom. The molecule has 1 rings (SSSR count). The third-order valence-corrected chi connectivity index (χ3v) is 3.82. The minimum absolute atomic E-state index is 0.0542. The predicted octanol–water partition coefficient (Wildman–Crippen LogP) is 2.67. The molecule has 0 aromatic heterocycles. The number of hydrogen-bond donors (Lipinski definition) is 1. The summed E-state index contributed by atoms with van der Waals surface area (Å²) in [5, 5.41) is 8.80. The topological polar surface area (TPSA) is 57.6 Å². The third-order valence-electron chi connectivity index (χ3n) is 3.82. The van der Waals surface area contributed by atoms with Crippen LogP contribution >= 0.6 is 0 Å². The Bertz CT molecular complexity index is 291. The highest BCUT2D eigenvalue weighted by Crippen LogP contribution is 2.28. The molecule has 0 aliphatic heterocycles. The SMILES string of the molecule is CCCC(=O)N(CCC(=O)O)C1CCCCC1C. The fourth-order valence-corrected chi connectivity index (χ4v) is 2.81. The molecule has 1 saturated carbocycles. The molecule has 4 heteroatoms. The first kappa shape index (κ1) is 15.0. The number of carboxylic acid groups (broad SMARTS) is 1. The zero-order chi connectivity index (χ0) is 13.5. The molecule has 0 spiro atoms. The van der Waals surface area contributed by atoms with Gasteiger partial charge in [-0.2, -0.15) is 0 Å². The van der Waals surface area contributed by atoms with Crippen LogP contribution in [-0.2, 0) is 9.59 Å². The van der Waals surface area contributed by atoms with Crippen LogP contribution in [0.1, 0.15) is 58.8 Å². The maximum atomic E-state index is 12.1. The van der Waals surface area contributed by atoms with Crippen LogP contribution in [0.4, 0.5) is 0 Å². The highest BCUT2D eigenvalue weighted by atomic mass is 16.4. The highest BCUT2D eigenvalue weighted by molar-refractivity contribution is 5.77. The summed E-state index contributed by atoms with van der Waals surface area (Å²) in [6.07, 6.45) is 5.96. The van der Waals surface area contributed by atoms with Gasteiger partial charge in [0, 0.05) is 19.0 Å². The van der Waals surface area contributed by atoms with Gasteiger partial charge in [0.25, 0.3) is 0 Å². The maximum absolute atomic E-state index is 12.1. The Hall–Kier alpha value is -1.06. The highest BCUT2D eigenvalue weighted by Gasteiger charge is 2.29. The molecule has 1 N–H and O–H groups in total. The van der Waals surface area contributed by atoms with Crippen molar-refractivity contribution in [1.29, 1.82) is 0 Å². The molecule has 0 radical (unpaired) electrons. The molecule has 0 aromatic rings. The van der Waals surface area contributed by atoms with Gasteiger partial charge in [-0.3, -0.25) is 9.59 Å². The smallest absolute Gasteiger partial charge is 0.305 e. The van der Waals surface area contributed by atoms with Crippen LogP contribution in [0.3, 0.4) is 0 Å². The summed E-state index contributed by atoms with van der Waals surface area (Å²) in [5.74, 6) is -0.210. The first-order valence-electron chi connectivity index (χ1n) is 7.07. The fraction of sp³-hybridized carbons (Fsp3) is 0.857. The summed E-state index contributed by atoms with van der Waals surface area (Å²) < 4.78 is 0. The Balaban J connectivity index is 2.67. The van der Waals surface area contributed by atoms with E-state index in [1.54, 1.807) is 0 Å². The molecule has 0 bridgehead atoms. The van der Waals surface area contributed by atoms with Crippen molar-refractivity contribution < 1.29 is 14.7 Å². The van der Waals surface area contributed by atoms with E-state index in [-0.39, 0.29) is 18.4 Å². The molecule has 1 fully saturated rings. The van der Waals surface area contributed by atoms with E-state index in [4.69, 9.17) is 5.11 Å². The van der Waals surface area contributed by atoms with Gasteiger partial charge in [0.2, 0.25) is 5.91 Å². The van der Waals surface area contributed by atoms with Gasteiger partial charge in [-0.15, -0.1) is 0 Å². The lowest BCUT2D eigenvalue weighted by molar-refractivity contribution is -0.140. The third kappa shape index (κ3) is 4.31. The summed E-state index contributed by atoms with van der Waals surface area (Å²) in [4.78, 5) is 24.7. The molecular weight excluding hydrogens is 230 g/mol. The number of aliphatic carboxylic acids is 1. The van der Waals surface area contributed by atoms with E-state index >= 15 is 0 Å². The molecule has 0 saturated heterocycles. The second-order valence-electron chi connectivity index (χ2n) is 5.31. The lowest BCUT2D eigenvalue weighted by Gasteiger charge is -2.38. The summed E-state index contributed by atoms with van der Waals surface area (Å²) in [5.41, 5.74) is 0. The van der Waals surface area contributed by atoms with Crippen molar-refractivity contribution in [3.8, 4) is 0 Å². The van der Waals surface area contributed by atoms with Gasteiger partial charge < -0.3 is 10.0 Å². The molecule has 0 aromatic carbocycles. The average molecular weight is 255 g/mol. The van der Waals surface area contributed by atoms with Crippen molar-refractivity contribution in [2.45, 2.75) is 64.8 Å². The molecule has 1 amide bonds. The van der Waals surface area contributed by atoms with Crippen molar-refractivity contribution in [1.82, 2.24) is 4.90 Å². The predicted molar refractivity (Wildman–Crippen MR) is 70.3 cm³/mol. The van der Waals surface area contributed by atoms with Gasteiger partial charge in [-0.1, -0.05) is 26.7 Å². The van der Waals surface area contributed by atoms with E-state index < -0.39 is 5.97 Å². The van der Waals surface area contributed by atoms with Crippen LogP contribution in [0, 0.1) is 5.92 Å². The molecule has 2 unspecified atom stereocenters. The number of carbonyl (C=O) groups is 2. The summed E-state index contributed by atoms with van der Waals surface area (Å²) in [6.45, 7) is 4.53. The van der Waals surface area contributed by atoms with Crippen LogP contribution in [0.15, 0.2) is 0 Å². The van der Waals surface area contributed by atoms with E-state index in [1.165, 1.54) is 6.42 Å². The van der Waals surface area contributed by atoms with Crippen LogP contribution in [0.5, 0.6) is 0 Å². The molecule has 4 nitrogen and oxygen atoms in total. The Morgan fingerprint density at radius 2 is 1.89 bits per heavy atom. The normalized spacial score (nSPS) is 23.7. The Morgan fingerprint density at radius 3 is 2.44 bits per heavy atom. The molecule has 2 atom stereocenters. The maximum Gasteiger partial charge on any atom is 0.305 e. The molecular formula is C14H25NO3. The van der Waals surface area contributed by atoms with Crippen LogP contribution in [0.25, 0.3) is 0 Å². The summed E-state index contributed by atoms with van der Waals surface area (Å²) >= 11 is 0. The van der Waals surface area contributed by atoms with Gasteiger partial charge in [-0.25, -0.2) is 0 Å². The second kappa shape index (κ2) is 7.39. The van der Waals surface area contributed by atoms with Crippen molar-refractivity contribution in [2.75, 3.05) is 6.54 Å². The van der Waals surface area contributed by atoms with Gasteiger partial charge >= 0.3 is 5.97 Å². The largest absolute Gasteiger partial charge is 0.481 e. The first-order chi connectivity index (χ1) is 8.56. The van der Waals surface area contributed by atoms with Gasteiger partial charge in [0.1, 0.15) is 0 Å². The summed E-state index contributed by atoms with van der Waals surface area (Å²) in [6, 6.07) is 0.247. The zero-order valence-electron chi connectivity index (χ0n) is 11.5. The standard InChI is InChI=1S/C14H25NO3/c1-3-6-13(16)15(10-9-14(17)18)12-8-5-4-7-11(12)2/h11-12H,3-10H2,1-2H3,(H,17,18). The number of amides is 1. The molecule has 1 aliphatic rings. The fourth-order valence-electron chi connectivity index (χ4n) is 2.81. The van der Waals surface area contributed by atoms with E-state index in [9.17, 15) is 9.59 Å². The number of hydrogen-bond acceptors (Lipinski definition) is 2. The number of carboxylic acids is 1. The Kier molecular flexibility index (Phi) is 6.16. The quantitative estimate of drug-likeness (QED) is 0.793. The molecule has 104 valence electrons. The number of carbonyl (C=O) groups excluding carboxylic acids is 1. The first-order valence-corrected chi connectivity index (χ1v) is 7.07. The second-order valence-corrected chi connectivity index (χ2v) is 5.31. The van der Waals surface area contributed by atoms with E-state index in [2.05, 4.69) is 6.92 Å². The van der Waals surface area contributed by atoms with Crippen LogP contribution in [-0.4, -0.2) is 34.5 Å². The van der Waals surface area contributed by atoms with Crippen molar-refractivity contribution in [3.05, 3.63) is 0 Å². The lowest BCUT2D eigenvalue weighted by Crippen LogP contribution is -2.46. The minimum atomic E-state index is -0.826. The summed E-state index contributed by atoms with van der Waals surface area (Å²) in [7, 11) is 0. The van der Waals surface area contributed by atoms with Crippen LogP contribution < -0.4 is 0 Å².